The van der Waals surface area contributed by atoms with Crippen molar-refractivity contribution < 1.29 is 9.84 Å². The third-order valence-corrected chi connectivity index (χ3v) is 2.01. The lowest BCUT2D eigenvalue weighted by molar-refractivity contribution is 0.124. The van der Waals surface area contributed by atoms with Crippen molar-refractivity contribution >= 4 is 0 Å². The van der Waals surface area contributed by atoms with Crippen LogP contribution in [0.1, 0.15) is 11.6 Å². The van der Waals surface area contributed by atoms with Gasteiger partial charge in [-0.1, -0.05) is 0 Å². The number of ether oxygens (including phenoxy) is 1. The molecule has 4 nitrogen and oxygen atoms in total. The highest BCUT2D eigenvalue weighted by Crippen LogP contribution is 2.22. The lowest BCUT2D eigenvalue weighted by Crippen LogP contribution is -2.16. The standard InChI is InChI=1S/C8H10N2O2/c11-8-5-12-4-6(8)7-3-9-1-2-10-7/h1-3,6,8,11H,4-5H2/t6-,8+/m0/s1. The van der Waals surface area contributed by atoms with Crippen molar-refractivity contribution in [3.05, 3.63) is 24.3 Å². The van der Waals surface area contributed by atoms with Crippen molar-refractivity contribution in [1.82, 2.24) is 9.97 Å². The minimum atomic E-state index is -0.429. The van der Waals surface area contributed by atoms with Gasteiger partial charge in [-0.15, -0.1) is 0 Å². The molecule has 1 aliphatic rings. The lowest BCUT2D eigenvalue weighted by Gasteiger charge is -2.09. The van der Waals surface area contributed by atoms with Crippen LogP contribution < -0.4 is 0 Å². The molecule has 0 radical (unpaired) electrons. The molecule has 2 rings (SSSR count). The Kier molecular flexibility index (Phi) is 2.01. The van der Waals surface area contributed by atoms with E-state index in [1.54, 1.807) is 18.6 Å². The Morgan fingerprint density at radius 2 is 2.33 bits per heavy atom. The highest BCUT2D eigenvalue weighted by atomic mass is 16.5. The molecule has 2 atom stereocenters. The summed E-state index contributed by atoms with van der Waals surface area (Å²) < 4.78 is 5.11. The molecule has 1 N–H and O–H groups in total. The second-order valence-electron chi connectivity index (χ2n) is 2.84. The average molecular weight is 166 g/mol. The van der Waals surface area contributed by atoms with Crippen LogP contribution in [-0.4, -0.2) is 34.4 Å². The third-order valence-electron chi connectivity index (χ3n) is 2.01. The molecule has 0 saturated carbocycles. The molecule has 1 saturated heterocycles. The van der Waals surface area contributed by atoms with E-state index in [0.29, 0.717) is 13.2 Å². The van der Waals surface area contributed by atoms with Crippen LogP contribution >= 0.6 is 0 Å². The first-order valence-corrected chi connectivity index (χ1v) is 3.89. The van der Waals surface area contributed by atoms with Crippen molar-refractivity contribution in [1.29, 1.82) is 0 Å². The van der Waals surface area contributed by atoms with Gasteiger partial charge in [0.15, 0.2) is 0 Å². The van der Waals surface area contributed by atoms with Gasteiger partial charge in [-0.2, -0.15) is 0 Å². The minimum absolute atomic E-state index is 0.00120. The molecule has 12 heavy (non-hydrogen) atoms. The van der Waals surface area contributed by atoms with E-state index in [0.717, 1.165) is 5.69 Å². The van der Waals surface area contributed by atoms with Crippen LogP contribution in [0.25, 0.3) is 0 Å². The van der Waals surface area contributed by atoms with Gasteiger partial charge in [0.1, 0.15) is 0 Å². The maximum atomic E-state index is 9.45. The maximum Gasteiger partial charge on any atom is 0.0879 e. The Bertz CT molecular complexity index is 252. The topological polar surface area (TPSA) is 55.2 Å². The zero-order valence-corrected chi connectivity index (χ0v) is 6.55. The zero-order valence-electron chi connectivity index (χ0n) is 6.55. The Morgan fingerprint density at radius 1 is 1.42 bits per heavy atom. The fourth-order valence-corrected chi connectivity index (χ4v) is 1.33. The Morgan fingerprint density at radius 3 is 2.92 bits per heavy atom. The van der Waals surface area contributed by atoms with E-state index >= 15 is 0 Å². The highest BCUT2D eigenvalue weighted by molar-refractivity contribution is 5.07. The molecule has 1 fully saturated rings. The molecule has 1 aromatic rings. The molecule has 1 aromatic heterocycles. The Balaban J connectivity index is 2.19. The van der Waals surface area contributed by atoms with Gasteiger partial charge >= 0.3 is 0 Å². The number of aliphatic hydroxyl groups is 1. The monoisotopic (exact) mass is 166 g/mol. The van der Waals surface area contributed by atoms with Crippen molar-refractivity contribution in [3.63, 3.8) is 0 Å². The summed E-state index contributed by atoms with van der Waals surface area (Å²) in [7, 11) is 0. The third kappa shape index (κ3) is 1.31. The van der Waals surface area contributed by atoms with Crippen LogP contribution in [0.15, 0.2) is 18.6 Å². The van der Waals surface area contributed by atoms with Gasteiger partial charge < -0.3 is 9.84 Å². The minimum Gasteiger partial charge on any atom is -0.390 e. The largest absolute Gasteiger partial charge is 0.390 e. The summed E-state index contributed by atoms with van der Waals surface area (Å²) in [6.45, 7) is 0.946. The van der Waals surface area contributed by atoms with E-state index in [2.05, 4.69) is 9.97 Å². The predicted octanol–water partition coefficient (Wildman–Crippen LogP) is -0.0487. The van der Waals surface area contributed by atoms with Gasteiger partial charge in [-0.05, 0) is 0 Å². The average Bonchev–Trinajstić information content (AvgIpc) is 2.53. The predicted molar refractivity (Wildman–Crippen MR) is 41.6 cm³/mol. The molecule has 0 spiro atoms. The number of nitrogens with zero attached hydrogens (tertiary/aromatic N) is 2. The van der Waals surface area contributed by atoms with Crippen molar-refractivity contribution in [2.75, 3.05) is 13.2 Å². The first kappa shape index (κ1) is 7.64. The van der Waals surface area contributed by atoms with Crippen LogP contribution in [0.4, 0.5) is 0 Å². The molecule has 2 heterocycles. The maximum absolute atomic E-state index is 9.45. The molecule has 1 aliphatic heterocycles. The zero-order chi connectivity index (χ0) is 8.39. The summed E-state index contributed by atoms with van der Waals surface area (Å²) in [6.07, 6.45) is 4.48. The van der Waals surface area contributed by atoms with Gasteiger partial charge in [-0.3, -0.25) is 9.97 Å². The number of hydrogen-bond donors (Lipinski definition) is 1. The highest BCUT2D eigenvalue weighted by Gasteiger charge is 2.28. The fraction of sp³-hybridized carbons (Fsp3) is 0.500. The summed E-state index contributed by atoms with van der Waals surface area (Å²) in [6, 6.07) is 0. The molecule has 0 amide bonds. The van der Waals surface area contributed by atoms with Gasteiger partial charge in [0.05, 0.1) is 30.9 Å². The quantitative estimate of drug-likeness (QED) is 0.635. The van der Waals surface area contributed by atoms with E-state index in [1.165, 1.54) is 0 Å². The molecular formula is C8H10N2O2. The lowest BCUT2D eigenvalue weighted by atomic mass is 10.0. The number of aliphatic hydroxyl groups excluding tert-OH is 1. The number of hydrogen-bond acceptors (Lipinski definition) is 4. The smallest absolute Gasteiger partial charge is 0.0879 e. The molecule has 0 bridgehead atoms. The molecule has 0 aliphatic carbocycles. The molecule has 4 heteroatoms. The molecule has 0 unspecified atom stereocenters. The first-order chi connectivity index (χ1) is 5.88. The second-order valence-corrected chi connectivity index (χ2v) is 2.84. The number of aromatic nitrogens is 2. The van der Waals surface area contributed by atoms with E-state index < -0.39 is 6.10 Å². The van der Waals surface area contributed by atoms with Crippen LogP contribution in [-0.2, 0) is 4.74 Å². The SMILES string of the molecule is O[C@@H]1COC[C@H]1c1cnccn1. The Labute approximate surface area is 70.2 Å². The summed E-state index contributed by atoms with van der Waals surface area (Å²) >= 11 is 0. The summed E-state index contributed by atoms with van der Waals surface area (Å²) in [5.74, 6) is -0.00120. The van der Waals surface area contributed by atoms with Gasteiger partial charge in [0.25, 0.3) is 0 Å². The van der Waals surface area contributed by atoms with E-state index in [1.807, 2.05) is 0 Å². The number of rotatable bonds is 1. The molecular weight excluding hydrogens is 156 g/mol. The van der Waals surface area contributed by atoms with Crippen LogP contribution in [0.5, 0.6) is 0 Å². The summed E-state index contributed by atoms with van der Waals surface area (Å²) in [5, 5.41) is 9.45. The molecule has 64 valence electrons. The van der Waals surface area contributed by atoms with Crippen LogP contribution in [0, 0.1) is 0 Å². The first-order valence-electron chi connectivity index (χ1n) is 3.89. The Hall–Kier alpha value is -1.00. The van der Waals surface area contributed by atoms with Gasteiger partial charge in [-0.25, -0.2) is 0 Å². The fourth-order valence-electron chi connectivity index (χ4n) is 1.33. The van der Waals surface area contributed by atoms with Crippen molar-refractivity contribution in [3.8, 4) is 0 Å². The van der Waals surface area contributed by atoms with Crippen LogP contribution in [0.3, 0.4) is 0 Å². The van der Waals surface area contributed by atoms with E-state index in [-0.39, 0.29) is 5.92 Å². The normalized spacial score (nSPS) is 29.1. The van der Waals surface area contributed by atoms with Gasteiger partial charge in [0.2, 0.25) is 0 Å². The van der Waals surface area contributed by atoms with Crippen LogP contribution in [0.2, 0.25) is 0 Å². The van der Waals surface area contributed by atoms with Crippen molar-refractivity contribution in [2.45, 2.75) is 12.0 Å². The van der Waals surface area contributed by atoms with Gasteiger partial charge in [0, 0.05) is 18.6 Å². The van der Waals surface area contributed by atoms with Crippen molar-refractivity contribution in [2.24, 2.45) is 0 Å². The van der Waals surface area contributed by atoms with E-state index in [9.17, 15) is 5.11 Å². The second kappa shape index (κ2) is 3.16. The summed E-state index contributed by atoms with van der Waals surface area (Å²) in [5.41, 5.74) is 0.808. The van der Waals surface area contributed by atoms with E-state index in [4.69, 9.17) is 4.74 Å². The summed E-state index contributed by atoms with van der Waals surface area (Å²) in [4.78, 5) is 8.04. The molecule has 0 aromatic carbocycles.